The molecule has 0 aliphatic heterocycles. The van der Waals surface area contributed by atoms with Gasteiger partial charge < -0.3 is 28.6 Å². The highest BCUT2D eigenvalue weighted by molar-refractivity contribution is 5.94. The summed E-state index contributed by atoms with van der Waals surface area (Å²) in [6, 6.07) is 8.20. The number of methoxy groups -OCH3 is 4. The summed E-state index contributed by atoms with van der Waals surface area (Å²) in [4.78, 5) is 24.3. The molecule has 0 radical (unpaired) electrons. The zero-order valence-electron chi connectivity index (χ0n) is 15.8. The van der Waals surface area contributed by atoms with E-state index in [0.29, 0.717) is 34.2 Å². The molecule has 0 unspecified atom stereocenters. The van der Waals surface area contributed by atoms with E-state index in [1.54, 1.807) is 28.8 Å². The molecule has 0 spiro atoms. The molecule has 0 saturated heterocycles. The molecule has 8 heteroatoms. The van der Waals surface area contributed by atoms with Crippen LogP contribution in [0.4, 0.5) is 0 Å². The van der Waals surface area contributed by atoms with Crippen LogP contribution in [0, 0.1) is 0 Å². The molecular formula is C20H19NO7. The van der Waals surface area contributed by atoms with E-state index >= 15 is 0 Å². The SMILES string of the molecule is COc1ccc(-n2cc(C(=O)O)c(=O)c3cc(OC)c(OC)cc32)cc1OC. The molecule has 28 heavy (non-hydrogen) atoms. The van der Waals surface area contributed by atoms with Crippen molar-refractivity contribution in [3.63, 3.8) is 0 Å². The number of hydrogen-bond donors (Lipinski definition) is 1. The van der Waals surface area contributed by atoms with Gasteiger partial charge in [0.05, 0.1) is 39.3 Å². The molecule has 3 rings (SSSR count). The number of carbonyl (C=O) groups is 1. The molecule has 0 bridgehead atoms. The smallest absolute Gasteiger partial charge is 0.341 e. The van der Waals surface area contributed by atoms with Crippen LogP contribution in [0.3, 0.4) is 0 Å². The Morgan fingerprint density at radius 1 is 0.857 bits per heavy atom. The van der Waals surface area contributed by atoms with Crippen LogP contribution in [0.2, 0.25) is 0 Å². The Bertz CT molecular complexity index is 1120. The lowest BCUT2D eigenvalue weighted by Gasteiger charge is -2.16. The van der Waals surface area contributed by atoms with Gasteiger partial charge in [-0.05, 0) is 18.2 Å². The number of carboxylic acids is 1. The van der Waals surface area contributed by atoms with Crippen molar-refractivity contribution in [2.24, 2.45) is 0 Å². The zero-order valence-corrected chi connectivity index (χ0v) is 15.8. The molecule has 0 fully saturated rings. The van der Waals surface area contributed by atoms with Crippen molar-refractivity contribution in [1.29, 1.82) is 0 Å². The first-order valence-corrected chi connectivity index (χ1v) is 8.22. The number of nitrogens with zero attached hydrogens (tertiary/aromatic N) is 1. The lowest BCUT2D eigenvalue weighted by molar-refractivity contribution is 0.0695. The number of pyridine rings is 1. The number of carboxylic acid groups (broad SMARTS) is 1. The third-order valence-electron chi connectivity index (χ3n) is 4.38. The average molecular weight is 385 g/mol. The van der Waals surface area contributed by atoms with Gasteiger partial charge in [-0.2, -0.15) is 0 Å². The van der Waals surface area contributed by atoms with E-state index in [9.17, 15) is 14.7 Å². The number of aromatic nitrogens is 1. The normalized spacial score (nSPS) is 10.6. The first kappa shape index (κ1) is 19.1. The van der Waals surface area contributed by atoms with Gasteiger partial charge in [0.1, 0.15) is 5.56 Å². The zero-order chi connectivity index (χ0) is 20.4. The molecule has 1 heterocycles. The van der Waals surface area contributed by atoms with Crippen molar-refractivity contribution in [2.45, 2.75) is 0 Å². The van der Waals surface area contributed by atoms with Crippen molar-refractivity contribution in [1.82, 2.24) is 4.57 Å². The molecule has 0 saturated carbocycles. The number of aromatic carboxylic acids is 1. The number of hydrogen-bond acceptors (Lipinski definition) is 6. The first-order chi connectivity index (χ1) is 13.4. The quantitative estimate of drug-likeness (QED) is 0.697. The minimum absolute atomic E-state index is 0.187. The van der Waals surface area contributed by atoms with E-state index in [2.05, 4.69) is 0 Å². The van der Waals surface area contributed by atoms with Crippen LogP contribution in [0.15, 0.2) is 41.3 Å². The largest absolute Gasteiger partial charge is 0.493 e. The fraction of sp³-hybridized carbons (Fsp3) is 0.200. The van der Waals surface area contributed by atoms with E-state index in [0.717, 1.165) is 0 Å². The predicted octanol–water partition coefficient (Wildman–Crippen LogP) is 2.72. The maximum absolute atomic E-state index is 12.7. The molecule has 1 N–H and O–H groups in total. The molecule has 2 aromatic carbocycles. The second kappa shape index (κ2) is 7.51. The van der Waals surface area contributed by atoms with E-state index < -0.39 is 11.4 Å². The minimum atomic E-state index is -1.32. The highest BCUT2D eigenvalue weighted by atomic mass is 16.5. The average Bonchev–Trinajstić information content (AvgIpc) is 2.72. The van der Waals surface area contributed by atoms with Gasteiger partial charge in [0.2, 0.25) is 5.43 Å². The molecular weight excluding hydrogens is 366 g/mol. The monoisotopic (exact) mass is 385 g/mol. The van der Waals surface area contributed by atoms with Crippen molar-refractivity contribution in [2.75, 3.05) is 28.4 Å². The highest BCUT2D eigenvalue weighted by Crippen LogP contribution is 2.34. The molecule has 0 amide bonds. The third-order valence-corrected chi connectivity index (χ3v) is 4.38. The van der Waals surface area contributed by atoms with E-state index in [1.807, 2.05) is 0 Å². The van der Waals surface area contributed by atoms with E-state index in [4.69, 9.17) is 18.9 Å². The molecule has 1 aromatic heterocycles. The van der Waals surface area contributed by atoms with E-state index in [-0.39, 0.29) is 10.9 Å². The fourth-order valence-electron chi connectivity index (χ4n) is 2.99. The summed E-state index contributed by atoms with van der Waals surface area (Å²) in [5, 5.41) is 9.68. The van der Waals surface area contributed by atoms with Crippen molar-refractivity contribution in [3.8, 4) is 28.7 Å². The Morgan fingerprint density at radius 3 is 2.00 bits per heavy atom. The first-order valence-electron chi connectivity index (χ1n) is 8.22. The number of ether oxygens (including phenoxy) is 4. The van der Waals surface area contributed by atoms with Crippen molar-refractivity contribution < 1.29 is 28.8 Å². The van der Waals surface area contributed by atoms with Gasteiger partial charge in [-0.3, -0.25) is 4.79 Å². The van der Waals surface area contributed by atoms with Gasteiger partial charge in [-0.25, -0.2) is 4.79 Å². The predicted molar refractivity (Wildman–Crippen MR) is 103 cm³/mol. The third kappa shape index (κ3) is 3.09. The maximum atomic E-state index is 12.7. The maximum Gasteiger partial charge on any atom is 0.341 e. The van der Waals surface area contributed by atoms with Crippen LogP contribution >= 0.6 is 0 Å². The summed E-state index contributed by atoms with van der Waals surface area (Å²) in [7, 11) is 5.94. The van der Waals surface area contributed by atoms with Gasteiger partial charge in [0.25, 0.3) is 0 Å². The minimum Gasteiger partial charge on any atom is -0.493 e. The molecule has 146 valence electrons. The van der Waals surface area contributed by atoms with Crippen molar-refractivity contribution in [3.05, 3.63) is 52.3 Å². The fourth-order valence-corrected chi connectivity index (χ4v) is 2.99. The van der Waals surface area contributed by atoms with Gasteiger partial charge in [-0.1, -0.05) is 0 Å². The Labute approximate surface area is 160 Å². The standard InChI is InChI=1S/C20H19NO7/c1-25-15-6-5-11(7-16(15)26-2)21-10-13(20(23)24)19(22)12-8-17(27-3)18(28-4)9-14(12)21/h5-10H,1-4H3,(H,23,24). The Kier molecular flexibility index (Phi) is 5.12. The second-order valence-electron chi connectivity index (χ2n) is 5.81. The van der Waals surface area contributed by atoms with Gasteiger partial charge in [-0.15, -0.1) is 0 Å². The summed E-state index contributed by atoms with van der Waals surface area (Å²) < 4.78 is 22.8. The van der Waals surface area contributed by atoms with Gasteiger partial charge in [0.15, 0.2) is 23.0 Å². The molecule has 0 aliphatic rings. The Morgan fingerprint density at radius 2 is 1.43 bits per heavy atom. The highest BCUT2D eigenvalue weighted by Gasteiger charge is 2.19. The topological polar surface area (TPSA) is 96.2 Å². The summed E-state index contributed by atoms with van der Waals surface area (Å²) in [6.45, 7) is 0. The van der Waals surface area contributed by atoms with Gasteiger partial charge in [0, 0.05) is 24.0 Å². The molecule has 8 nitrogen and oxygen atoms in total. The molecule has 0 aliphatic carbocycles. The van der Waals surface area contributed by atoms with Crippen LogP contribution < -0.4 is 24.4 Å². The molecule has 0 atom stereocenters. The number of rotatable bonds is 6. The Balaban J connectivity index is 2.43. The Hall–Kier alpha value is -3.68. The number of benzene rings is 2. The number of fused-ring (bicyclic) bond motifs is 1. The summed E-state index contributed by atoms with van der Waals surface area (Å²) >= 11 is 0. The summed E-state index contributed by atoms with van der Waals surface area (Å²) in [5.41, 5.74) is 0.0620. The van der Waals surface area contributed by atoms with Gasteiger partial charge >= 0.3 is 5.97 Å². The lowest BCUT2D eigenvalue weighted by atomic mass is 10.1. The summed E-state index contributed by atoms with van der Waals surface area (Å²) in [5.74, 6) is 0.398. The van der Waals surface area contributed by atoms with Crippen LogP contribution in [-0.4, -0.2) is 44.1 Å². The van der Waals surface area contributed by atoms with Crippen LogP contribution in [-0.2, 0) is 0 Å². The lowest BCUT2D eigenvalue weighted by Crippen LogP contribution is -2.18. The van der Waals surface area contributed by atoms with Crippen LogP contribution in [0.25, 0.3) is 16.6 Å². The van der Waals surface area contributed by atoms with Crippen LogP contribution in [0.5, 0.6) is 23.0 Å². The van der Waals surface area contributed by atoms with Crippen molar-refractivity contribution >= 4 is 16.9 Å². The van der Waals surface area contributed by atoms with Crippen LogP contribution in [0.1, 0.15) is 10.4 Å². The second-order valence-corrected chi connectivity index (χ2v) is 5.81. The van der Waals surface area contributed by atoms with E-state index in [1.165, 1.54) is 40.7 Å². The molecule has 3 aromatic rings. The summed E-state index contributed by atoms with van der Waals surface area (Å²) in [6.07, 6.45) is 1.28.